The second kappa shape index (κ2) is 15.8. The summed E-state index contributed by atoms with van der Waals surface area (Å²) >= 11 is 0. The van der Waals surface area contributed by atoms with Crippen molar-refractivity contribution in [3.05, 3.63) is 0 Å². The summed E-state index contributed by atoms with van der Waals surface area (Å²) in [6.45, 7) is 9.92. The molecule has 0 unspecified atom stereocenters. The highest BCUT2D eigenvalue weighted by atomic mass is 16.5. The van der Waals surface area contributed by atoms with Crippen LogP contribution in [0.25, 0.3) is 0 Å². The molecule has 1 heteroatoms. The minimum absolute atomic E-state index is 0.844. The van der Waals surface area contributed by atoms with Gasteiger partial charge in [0.05, 0.1) is 0 Å². The molecule has 0 rings (SSSR count). The molecule has 0 saturated heterocycles. The molecule has 1 nitrogen and oxygen atoms in total. The lowest BCUT2D eigenvalue weighted by Gasteiger charge is -1.86. The molecule has 0 radical (unpaired) electrons. The third-order valence-corrected chi connectivity index (χ3v) is 0.408. The van der Waals surface area contributed by atoms with Gasteiger partial charge in [0.15, 0.2) is 0 Å². The van der Waals surface area contributed by atoms with Gasteiger partial charge in [0, 0.05) is 13.2 Å². The quantitative estimate of drug-likeness (QED) is 0.541. The van der Waals surface area contributed by atoms with Gasteiger partial charge in [0.25, 0.3) is 0 Å². The van der Waals surface area contributed by atoms with Gasteiger partial charge in [0.1, 0.15) is 0 Å². The van der Waals surface area contributed by atoms with Crippen LogP contribution in [0.2, 0.25) is 0 Å². The molecule has 0 aliphatic heterocycles. The number of hydrogen-bond acceptors (Lipinski definition) is 1. The predicted octanol–water partition coefficient (Wildman–Crippen LogP) is 2.46. The lowest BCUT2D eigenvalue weighted by Crippen LogP contribution is -1.84. The van der Waals surface area contributed by atoms with Crippen LogP contribution < -0.4 is 0 Å². The van der Waals surface area contributed by atoms with Crippen LogP contribution in [0.4, 0.5) is 0 Å². The minimum atomic E-state index is 0.844. The SMILES string of the molecule is CCC.CCOCC. The molecule has 0 aliphatic rings. The van der Waals surface area contributed by atoms with Gasteiger partial charge >= 0.3 is 0 Å². The molecule has 0 aromatic rings. The Morgan fingerprint density at radius 3 is 1.12 bits per heavy atom. The fraction of sp³-hybridized carbons (Fsp3) is 1.00. The normalized spacial score (nSPS) is 7.50. The third kappa shape index (κ3) is 38.2. The van der Waals surface area contributed by atoms with Crippen molar-refractivity contribution in [2.24, 2.45) is 0 Å². The highest BCUT2D eigenvalue weighted by Crippen LogP contribution is 1.64. The van der Waals surface area contributed by atoms with Crippen LogP contribution in [0.3, 0.4) is 0 Å². The largest absolute Gasteiger partial charge is 0.382 e. The lowest BCUT2D eigenvalue weighted by atomic mass is 10.6. The van der Waals surface area contributed by atoms with Crippen molar-refractivity contribution >= 4 is 0 Å². The first-order valence-electron chi connectivity index (χ1n) is 3.41. The van der Waals surface area contributed by atoms with Crippen LogP contribution in [0.15, 0.2) is 0 Å². The molecule has 0 aromatic carbocycles. The molecule has 0 spiro atoms. The lowest BCUT2D eigenvalue weighted by molar-refractivity contribution is 0.162. The van der Waals surface area contributed by atoms with Crippen molar-refractivity contribution in [3.8, 4) is 0 Å². The van der Waals surface area contributed by atoms with E-state index in [1.807, 2.05) is 13.8 Å². The van der Waals surface area contributed by atoms with E-state index < -0.39 is 0 Å². The molecule has 8 heavy (non-hydrogen) atoms. The predicted molar refractivity (Wildman–Crippen MR) is 38.1 cm³/mol. The second-order valence-electron chi connectivity index (χ2n) is 1.49. The average Bonchev–Trinajstić information content (AvgIpc) is 1.71. The fourth-order valence-electron chi connectivity index (χ4n) is 0.204. The zero-order valence-corrected chi connectivity index (χ0v) is 6.53. The first-order chi connectivity index (χ1) is 3.83. The van der Waals surface area contributed by atoms with Crippen molar-refractivity contribution < 1.29 is 4.74 Å². The smallest absolute Gasteiger partial charge is 0.0437 e. The Kier molecular flexibility index (Phi) is 21.4. The molecule has 0 heterocycles. The van der Waals surface area contributed by atoms with Gasteiger partial charge < -0.3 is 4.74 Å². The van der Waals surface area contributed by atoms with Crippen molar-refractivity contribution in [3.63, 3.8) is 0 Å². The van der Waals surface area contributed by atoms with Crippen LogP contribution >= 0.6 is 0 Å². The molecule has 0 fully saturated rings. The zero-order valence-electron chi connectivity index (χ0n) is 6.53. The molecule has 0 bridgehead atoms. The Bertz CT molecular complexity index is 18.3. The summed E-state index contributed by atoms with van der Waals surface area (Å²) in [5.74, 6) is 0. The molecule has 0 saturated carbocycles. The third-order valence-electron chi connectivity index (χ3n) is 0.408. The number of rotatable bonds is 2. The van der Waals surface area contributed by atoms with E-state index >= 15 is 0 Å². The van der Waals surface area contributed by atoms with Gasteiger partial charge in [-0.3, -0.25) is 0 Å². The Hall–Kier alpha value is -0.0400. The van der Waals surface area contributed by atoms with Crippen molar-refractivity contribution in [2.45, 2.75) is 34.1 Å². The standard InChI is InChI=1S/C4H10O.C3H8/c1-3-5-4-2;1-3-2/h3-4H2,1-2H3;3H2,1-2H3. The second-order valence-corrected chi connectivity index (χ2v) is 1.49. The Balaban J connectivity index is 0. The Labute approximate surface area is 53.0 Å². The maximum Gasteiger partial charge on any atom is 0.0437 e. The number of hydrogen-bond donors (Lipinski definition) is 0. The first kappa shape index (κ1) is 10.9. The van der Waals surface area contributed by atoms with Crippen molar-refractivity contribution in [1.82, 2.24) is 0 Å². The van der Waals surface area contributed by atoms with E-state index in [9.17, 15) is 0 Å². The monoisotopic (exact) mass is 118 g/mol. The molecule has 0 atom stereocenters. The van der Waals surface area contributed by atoms with E-state index in [2.05, 4.69) is 13.8 Å². The molecule has 0 aromatic heterocycles. The first-order valence-corrected chi connectivity index (χ1v) is 3.41. The van der Waals surface area contributed by atoms with E-state index in [0.29, 0.717) is 0 Å². The van der Waals surface area contributed by atoms with Gasteiger partial charge in [-0.05, 0) is 13.8 Å². The van der Waals surface area contributed by atoms with E-state index in [1.165, 1.54) is 6.42 Å². The van der Waals surface area contributed by atoms with Crippen molar-refractivity contribution in [2.75, 3.05) is 13.2 Å². The average molecular weight is 118 g/mol. The van der Waals surface area contributed by atoms with Crippen LogP contribution in [0.5, 0.6) is 0 Å². The van der Waals surface area contributed by atoms with Gasteiger partial charge in [-0.25, -0.2) is 0 Å². The molecule has 52 valence electrons. The van der Waals surface area contributed by atoms with Crippen LogP contribution in [0.1, 0.15) is 34.1 Å². The molecule has 0 aliphatic carbocycles. The van der Waals surface area contributed by atoms with Gasteiger partial charge in [0.2, 0.25) is 0 Å². The van der Waals surface area contributed by atoms with Crippen LogP contribution in [-0.2, 0) is 4.74 Å². The summed E-state index contributed by atoms with van der Waals surface area (Å²) in [5.41, 5.74) is 0. The van der Waals surface area contributed by atoms with E-state index in [4.69, 9.17) is 4.74 Å². The Morgan fingerprint density at radius 2 is 1.12 bits per heavy atom. The molecular weight excluding hydrogens is 100 g/mol. The van der Waals surface area contributed by atoms with Crippen LogP contribution in [0, 0.1) is 0 Å². The van der Waals surface area contributed by atoms with Gasteiger partial charge in [-0.1, -0.05) is 20.3 Å². The molecule has 0 amide bonds. The zero-order chi connectivity index (χ0) is 6.83. The summed E-state index contributed by atoms with van der Waals surface area (Å²) in [4.78, 5) is 0. The van der Waals surface area contributed by atoms with Gasteiger partial charge in [-0.2, -0.15) is 0 Å². The maximum atomic E-state index is 4.83. The summed E-state index contributed by atoms with van der Waals surface area (Å²) in [5, 5.41) is 0. The topological polar surface area (TPSA) is 9.23 Å². The van der Waals surface area contributed by atoms with E-state index in [-0.39, 0.29) is 0 Å². The Morgan fingerprint density at radius 1 is 0.875 bits per heavy atom. The van der Waals surface area contributed by atoms with Crippen molar-refractivity contribution in [1.29, 1.82) is 0 Å². The summed E-state index contributed by atoms with van der Waals surface area (Å²) in [6.07, 6.45) is 1.25. The van der Waals surface area contributed by atoms with E-state index in [1.54, 1.807) is 0 Å². The highest BCUT2D eigenvalue weighted by Gasteiger charge is 1.64. The summed E-state index contributed by atoms with van der Waals surface area (Å²) in [7, 11) is 0. The summed E-state index contributed by atoms with van der Waals surface area (Å²) in [6, 6.07) is 0. The summed E-state index contributed by atoms with van der Waals surface area (Å²) < 4.78 is 4.83. The minimum Gasteiger partial charge on any atom is -0.382 e. The van der Waals surface area contributed by atoms with E-state index in [0.717, 1.165) is 13.2 Å². The highest BCUT2D eigenvalue weighted by molar-refractivity contribution is 4.07. The fourth-order valence-corrected chi connectivity index (χ4v) is 0.204. The van der Waals surface area contributed by atoms with Crippen LogP contribution in [-0.4, -0.2) is 13.2 Å². The molecular formula is C7H18O. The maximum absolute atomic E-state index is 4.83. The molecule has 0 N–H and O–H groups in total. The van der Waals surface area contributed by atoms with Gasteiger partial charge in [-0.15, -0.1) is 0 Å². The number of ether oxygens (including phenoxy) is 1.